The van der Waals surface area contributed by atoms with Crippen molar-refractivity contribution in [3.05, 3.63) is 52.0 Å². The topological polar surface area (TPSA) is 63.3 Å². The lowest BCUT2D eigenvalue weighted by Gasteiger charge is -2.14. The molecule has 0 saturated heterocycles. The highest BCUT2D eigenvalue weighted by atomic mass is 32.1. The summed E-state index contributed by atoms with van der Waals surface area (Å²) in [5.74, 6) is 0.508. The standard InChI is InChI=1S/C18H26N4S/c1-18(2,3)15-13-23-16(22-15)10-12-21-17(19)20-11-9-14-7-5-4-6-8-14/h4-8,13H,9-12H2,1-3H3,(H3,19,20,21). The number of hydrogen-bond acceptors (Lipinski definition) is 3. The lowest BCUT2D eigenvalue weighted by atomic mass is 9.93. The molecule has 0 atom stereocenters. The smallest absolute Gasteiger partial charge is 0.188 e. The Kier molecular flexibility index (Phi) is 6.16. The summed E-state index contributed by atoms with van der Waals surface area (Å²) >= 11 is 1.70. The summed E-state index contributed by atoms with van der Waals surface area (Å²) in [5.41, 5.74) is 8.45. The molecule has 0 saturated carbocycles. The van der Waals surface area contributed by atoms with Crippen molar-refractivity contribution in [2.75, 3.05) is 13.1 Å². The Labute approximate surface area is 142 Å². The van der Waals surface area contributed by atoms with Gasteiger partial charge in [-0.05, 0) is 12.0 Å². The fourth-order valence-electron chi connectivity index (χ4n) is 2.08. The van der Waals surface area contributed by atoms with Gasteiger partial charge in [0.25, 0.3) is 0 Å². The van der Waals surface area contributed by atoms with Crippen LogP contribution in [0.15, 0.2) is 40.7 Å². The molecule has 1 aromatic carbocycles. The van der Waals surface area contributed by atoms with Crippen LogP contribution in [0.5, 0.6) is 0 Å². The second-order valence-electron chi connectivity index (χ2n) is 6.56. The summed E-state index contributed by atoms with van der Waals surface area (Å²) in [6, 6.07) is 10.4. The zero-order valence-electron chi connectivity index (χ0n) is 14.2. The van der Waals surface area contributed by atoms with Crippen molar-refractivity contribution in [1.29, 1.82) is 0 Å². The lowest BCUT2D eigenvalue weighted by Crippen LogP contribution is -2.33. The minimum atomic E-state index is 0.107. The first-order valence-electron chi connectivity index (χ1n) is 7.98. The molecule has 3 N–H and O–H groups in total. The molecule has 5 heteroatoms. The Morgan fingerprint density at radius 3 is 2.61 bits per heavy atom. The van der Waals surface area contributed by atoms with Gasteiger partial charge in [0, 0.05) is 30.3 Å². The van der Waals surface area contributed by atoms with Crippen LogP contribution in [-0.4, -0.2) is 24.0 Å². The van der Waals surface area contributed by atoms with Gasteiger partial charge in [-0.2, -0.15) is 0 Å². The second-order valence-corrected chi connectivity index (χ2v) is 7.50. The van der Waals surface area contributed by atoms with E-state index in [0.29, 0.717) is 12.5 Å². The van der Waals surface area contributed by atoms with Gasteiger partial charge in [0.1, 0.15) is 0 Å². The van der Waals surface area contributed by atoms with Crippen LogP contribution in [0.2, 0.25) is 0 Å². The van der Waals surface area contributed by atoms with Crippen LogP contribution < -0.4 is 11.1 Å². The molecule has 0 unspecified atom stereocenters. The number of aromatic nitrogens is 1. The number of nitrogens with two attached hydrogens (primary N) is 1. The van der Waals surface area contributed by atoms with Crippen LogP contribution in [0.4, 0.5) is 0 Å². The average Bonchev–Trinajstić information content (AvgIpc) is 2.97. The maximum Gasteiger partial charge on any atom is 0.188 e. The third-order valence-corrected chi connectivity index (χ3v) is 4.40. The molecular formula is C18H26N4S. The quantitative estimate of drug-likeness (QED) is 0.632. The van der Waals surface area contributed by atoms with Gasteiger partial charge in [-0.15, -0.1) is 11.3 Å². The van der Waals surface area contributed by atoms with E-state index in [2.05, 4.69) is 53.6 Å². The molecule has 1 aromatic heterocycles. The zero-order chi connectivity index (χ0) is 16.7. The Hall–Kier alpha value is -1.88. The summed E-state index contributed by atoms with van der Waals surface area (Å²) in [4.78, 5) is 9.04. The first kappa shape index (κ1) is 17.5. The summed E-state index contributed by atoms with van der Waals surface area (Å²) in [6.45, 7) is 8.00. The Balaban J connectivity index is 1.71. The van der Waals surface area contributed by atoms with E-state index in [1.54, 1.807) is 11.3 Å². The van der Waals surface area contributed by atoms with Crippen LogP contribution in [-0.2, 0) is 18.3 Å². The van der Waals surface area contributed by atoms with E-state index in [0.717, 1.165) is 30.1 Å². The number of hydrogen-bond donors (Lipinski definition) is 2. The number of nitrogens with zero attached hydrogens (tertiary/aromatic N) is 2. The molecule has 0 bridgehead atoms. The summed E-state index contributed by atoms with van der Waals surface area (Å²) in [6.07, 6.45) is 1.78. The van der Waals surface area contributed by atoms with Gasteiger partial charge in [0.2, 0.25) is 0 Å². The third kappa shape index (κ3) is 6.02. The highest BCUT2D eigenvalue weighted by molar-refractivity contribution is 7.09. The minimum Gasteiger partial charge on any atom is -0.370 e. The van der Waals surface area contributed by atoms with E-state index in [9.17, 15) is 0 Å². The molecule has 2 aromatic rings. The van der Waals surface area contributed by atoms with Gasteiger partial charge in [0.05, 0.1) is 10.7 Å². The van der Waals surface area contributed by atoms with Crippen molar-refractivity contribution in [3.63, 3.8) is 0 Å². The van der Waals surface area contributed by atoms with Crippen molar-refractivity contribution in [2.45, 2.75) is 39.0 Å². The van der Waals surface area contributed by atoms with Crippen LogP contribution in [0.1, 0.15) is 37.0 Å². The molecule has 0 aliphatic carbocycles. The Morgan fingerprint density at radius 1 is 1.22 bits per heavy atom. The maximum atomic E-state index is 5.90. The van der Waals surface area contributed by atoms with Crippen molar-refractivity contribution >= 4 is 17.3 Å². The van der Waals surface area contributed by atoms with E-state index in [1.165, 1.54) is 5.56 Å². The van der Waals surface area contributed by atoms with Gasteiger partial charge in [0.15, 0.2) is 5.96 Å². The summed E-state index contributed by atoms with van der Waals surface area (Å²) < 4.78 is 0. The van der Waals surface area contributed by atoms with Crippen molar-refractivity contribution < 1.29 is 0 Å². The fraction of sp³-hybridized carbons (Fsp3) is 0.444. The molecule has 4 nitrogen and oxygen atoms in total. The van der Waals surface area contributed by atoms with E-state index in [1.807, 2.05) is 18.2 Å². The van der Waals surface area contributed by atoms with E-state index < -0.39 is 0 Å². The number of rotatable bonds is 6. The summed E-state index contributed by atoms with van der Waals surface area (Å²) in [7, 11) is 0. The fourth-order valence-corrected chi connectivity index (χ4v) is 3.09. The molecule has 2 rings (SSSR count). The summed E-state index contributed by atoms with van der Waals surface area (Å²) in [5, 5.41) is 6.42. The predicted molar refractivity (Wildman–Crippen MR) is 99.2 cm³/mol. The molecule has 0 amide bonds. The molecule has 1 heterocycles. The molecule has 0 aliphatic rings. The number of nitrogens with one attached hydrogen (secondary N) is 1. The Bertz CT molecular complexity index is 626. The molecule has 0 radical (unpaired) electrons. The normalized spacial score (nSPS) is 12.4. The molecule has 0 spiro atoms. The van der Waals surface area contributed by atoms with Crippen molar-refractivity contribution in [2.24, 2.45) is 10.7 Å². The molecule has 0 fully saturated rings. The molecule has 0 aliphatic heterocycles. The van der Waals surface area contributed by atoms with Crippen LogP contribution in [0.3, 0.4) is 0 Å². The monoisotopic (exact) mass is 330 g/mol. The number of guanidine groups is 1. The lowest BCUT2D eigenvalue weighted by molar-refractivity contribution is 0.571. The van der Waals surface area contributed by atoms with Crippen LogP contribution >= 0.6 is 11.3 Å². The second kappa shape index (κ2) is 8.11. The first-order valence-corrected chi connectivity index (χ1v) is 8.86. The predicted octanol–water partition coefficient (Wildman–Crippen LogP) is 3.13. The van der Waals surface area contributed by atoms with Gasteiger partial charge in [-0.25, -0.2) is 4.98 Å². The van der Waals surface area contributed by atoms with Crippen LogP contribution in [0.25, 0.3) is 0 Å². The van der Waals surface area contributed by atoms with E-state index in [-0.39, 0.29) is 5.41 Å². The van der Waals surface area contributed by atoms with Gasteiger partial charge < -0.3 is 11.1 Å². The number of aliphatic imine (C=N–C) groups is 1. The Morgan fingerprint density at radius 2 is 1.96 bits per heavy atom. The van der Waals surface area contributed by atoms with E-state index >= 15 is 0 Å². The van der Waals surface area contributed by atoms with Crippen molar-refractivity contribution in [3.8, 4) is 0 Å². The van der Waals surface area contributed by atoms with Gasteiger partial charge >= 0.3 is 0 Å². The maximum absolute atomic E-state index is 5.90. The van der Waals surface area contributed by atoms with E-state index in [4.69, 9.17) is 5.73 Å². The highest BCUT2D eigenvalue weighted by Gasteiger charge is 2.17. The van der Waals surface area contributed by atoms with Crippen LogP contribution in [0, 0.1) is 0 Å². The molecular weight excluding hydrogens is 304 g/mol. The first-order chi connectivity index (χ1) is 10.9. The average molecular weight is 331 g/mol. The molecule has 23 heavy (non-hydrogen) atoms. The number of benzene rings is 1. The third-order valence-electron chi connectivity index (χ3n) is 3.49. The minimum absolute atomic E-state index is 0.107. The SMILES string of the molecule is CC(C)(C)c1csc(CCN=C(N)NCCc2ccccc2)n1. The molecule has 124 valence electrons. The largest absolute Gasteiger partial charge is 0.370 e. The van der Waals surface area contributed by atoms with Gasteiger partial charge in [-0.3, -0.25) is 4.99 Å². The zero-order valence-corrected chi connectivity index (χ0v) is 15.0. The highest BCUT2D eigenvalue weighted by Crippen LogP contribution is 2.23. The van der Waals surface area contributed by atoms with Crippen molar-refractivity contribution in [1.82, 2.24) is 10.3 Å². The van der Waals surface area contributed by atoms with Gasteiger partial charge in [-0.1, -0.05) is 51.1 Å². The number of thiazole rings is 1.